The lowest BCUT2D eigenvalue weighted by molar-refractivity contribution is 0.637. The van der Waals surface area contributed by atoms with E-state index in [2.05, 4.69) is 43.9 Å². The van der Waals surface area contributed by atoms with Crippen LogP contribution in [-0.2, 0) is 19.9 Å². The fourth-order valence-electron chi connectivity index (χ4n) is 2.16. The number of benzene rings is 1. The molecule has 2 aromatic rings. The number of nitrogens with two attached hydrogens (primary N) is 1. The van der Waals surface area contributed by atoms with Crippen molar-refractivity contribution in [3.63, 3.8) is 0 Å². The first-order chi connectivity index (χ1) is 9.43. The highest BCUT2D eigenvalue weighted by Crippen LogP contribution is 2.30. The maximum atomic E-state index is 6.30. The molecular formula is C14H16Br2ClN3. The van der Waals surface area contributed by atoms with Gasteiger partial charge < -0.3 is 5.73 Å². The van der Waals surface area contributed by atoms with Crippen molar-refractivity contribution in [1.29, 1.82) is 0 Å². The molecule has 3 nitrogen and oxygen atoms in total. The fourth-order valence-corrected chi connectivity index (χ4v) is 3.75. The van der Waals surface area contributed by atoms with Crippen molar-refractivity contribution in [2.24, 2.45) is 12.8 Å². The SMILES string of the molecule is CCc1nn(C)c(CC(N)c2ccc(Br)cc2Cl)c1Br. The maximum absolute atomic E-state index is 6.30. The summed E-state index contributed by atoms with van der Waals surface area (Å²) in [5.41, 5.74) is 9.39. The minimum absolute atomic E-state index is 0.160. The van der Waals surface area contributed by atoms with Gasteiger partial charge in [-0.05, 0) is 40.0 Å². The summed E-state index contributed by atoms with van der Waals surface area (Å²) in [6.45, 7) is 2.09. The molecule has 0 spiro atoms. The van der Waals surface area contributed by atoms with Gasteiger partial charge in [-0.3, -0.25) is 4.68 Å². The van der Waals surface area contributed by atoms with Gasteiger partial charge >= 0.3 is 0 Å². The van der Waals surface area contributed by atoms with Crippen LogP contribution in [0.25, 0.3) is 0 Å². The highest BCUT2D eigenvalue weighted by molar-refractivity contribution is 9.10. The van der Waals surface area contributed by atoms with Gasteiger partial charge in [0.2, 0.25) is 0 Å². The Hall–Kier alpha value is -0.360. The predicted molar refractivity (Wildman–Crippen MR) is 90.1 cm³/mol. The zero-order valence-corrected chi connectivity index (χ0v) is 15.3. The molecule has 0 saturated carbocycles. The Morgan fingerprint density at radius 1 is 1.40 bits per heavy atom. The standard InChI is InChI=1S/C14H16Br2ClN3/c1-3-12-14(16)13(20(2)19-12)7-11(18)9-5-4-8(15)6-10(9)17/h4-6,11H,3,7,18H2,1-2H3. The Kier molecular flexibility index (Phi) is 5.29. The molecule has 0 aliphatic carbocycles. The van der Waals surface area contributed by atoms with Crippen LogP contribution >= 0.6 is 43.5 Å². The Morgan fingerprint density at radius 3 is 2.65 bits per heavy atom. The second-order valence-corrected chi connectivity index (χ2v) is 6.78. The van der Waals surface area contributed by atoms with Gasteiger partial charge in [0.25, 0.3) is 0 Å². The van der Waals surface area contributed by atoms with Crippen molar-refractivity contribution >= 4 is 43.5 Å². The second kappa shape index (κ2) is 6.60. The molecule has 6 heteroatoms. The zero-order chi connectivity index (χ0) is 14.9. The third-order valence-corrected chi connectivity index (χ3v) is 5.01. The molecule has 0 fully saturated rings. The van der Waals surface area contributed by atoms with Crippen LogP contribution < -0.4 is 5.73 Å². The van der Waals surface area contributed by atoms with E-state index in [0.29, 0.717) is 11.4 Å². The van der Waals surface area contributed by atoms with Gasteiger partial charge in [-0.2, -0.15) is 5.10 Å². The average Bonchev–Trinajstić information content (AvgIpc) is 2.66. The Bertz CT molecular complexity index is 625. The highest BCUT2D eigenvalue weighted by Gasteiger charge is 2.18. The molecule has 1 aromatic heterocycles. The molecule has 0 aliphatic heterocycles. The number of hydrogen-bond donors (Lipinski definition) is 1. The smallest absolute Gasteiger partial charge is 0.0766 e. The Balaban J connectivity index is 2.27. The van der Waals surface area contributed by atoms with Crippen LogP contribution in [0.2, 0.25) is 5.02 Å². The van der Waals surface area contributed by atoms with Crippen molar-refractivity contribution in [3.05, 3.63) is 49.1 Å². The fraction of sp³-hybridized carbons (Fsp3) is 0.357. The topological polar surface area (TPSA) is 43.8 Å². The van der Waals surface area contributed by atoms with Crippen molar-refractivity contribution in [1.82, 2.24) is 9.78 Å². The molecule has 0 saturated heterocycles. The molecule has 1 atom stereocenters. The highest BCUT2D eigenvalue weighted by atomic mass is 79.9. The molecule has 1 unspecified atom stereocenters. The monoisotopic (exact) mass is 419 g/mol. The number of aryl methyl sites for hydroxylation is 2. The van der Waals surface area contributed by atoms with Gasteiger partial charge in [-0.15, -0.1) is 0 Å². The summed E-state index contributed by atoms with van der Waals surface area (Å²) in [4.78, 5) is 0. The van der Waals surface area contributed by atoms with Crippen molar-refractivity contribution in [2.75, 3.05) is 0 Å². The minimum atomic E-state index is -0.160. The van der Waals surface area contributed by atoms with E-state index in [1.54, 1.807) is 0 Å². The van der Waals surface area contributed by atoms with E-state index >= 15 is 0 Å². The lowest BCUT2D eigenvalue weighted by Gasteiger charge is -2.14. The van der Waals surface area contributed by atoms with Crippen LogP contribution in [-0.4, -0.2) is 9.78 Å². The van der Waals surface area contributed by atoms with Gasteiger partial charge in [0, 0.05) is 29.0 Å². The predicted octanol–water partition coefficient (Wildman–Crippen LogP) is 4.40. The van der Waals surface area contributed by atoms with Crippen LogP contribution in [0.15, 0.2) is 27.1 Å². The number of rotatable bonds is 4. The van der Waals surface area contributed by atoms with Crippen LogP contribution in [0.5, 0.6) is 0 Å². The van der Waals surface area contributed by atoms with Gasteiger partial charge in [-0.1, -0.05) is 40.5 Å². The Morgan fingerprint density at radius 2 is 2.10 bits per heavy atom. The van der Waals surface area contributed by atoms with Crippen LogP contribution in [0.3, 0.4) is 0 Å². The summed E-state index contributed by atoms with van der Waals surface area (Å²) in [5, 5.41) is 5.17. The Labute approximate surface area is 140 Å². The van der Waals surface area contributed by atoms with Crippen LogP contribution in [0.1, 0.15) is 29.9 Å². The minimum Gasteiger partial charge on any atom is -0.324 e. The van der Waals surface area contributed by atoms with E-state index in [-0.39, 0.29) is 6.04 Å². The second-order valence-electron chi connectivity index (χ2n) is 4.66. The molecule has 20 heavy (non-hydrogen) atoms. The third kappa shape index (κ3) is 3.27. The lowest BCUT2D eigenvalue weighted by Crippen LogP contribution is -2.16. The van der Waals surface area contributed by atoms with E-state index in [1.807, 2.05) is 29.9 Å². The maximum Gasteiger partial charge on any atom is 0.0766 e. The van der Waals surface area contributed by atoms with Crippen molar-refractivity contribution in [3.8, 4) is 0 Å². The first kappa shape index (κ1) is 16.0. The van der Waals surface area contributed by atoms with Crippen molar-refractivity contribution in [2.45, 2.75) is 25.8 Å². The molecule has 0 radical (unpaired) electrons. The average molecular weight is 422 g/mol. The molecule has 108 valence electrons. The summed E-state index contributed by atoms with van der Waals surface area (Å²) < 4.78 is 3.88. The van der Waals surface area contributed by atoms with E-state index in [4.69, 9.17) is 17.3 Å². The molecule has 0 aliphatic rings. The molecule has 1 heterocycles. The molecule has 2 rings (SSSR count). The summed E-state index contributed by atoms with van der Waals surface area (Å²) in [6, 6.07) is 5.62. The lowest BCUT2D eigenvalue weighted by atomic mass is 10.0. The van der Waals surface area contributed by atoms with E-state index in [0.717, 1.165) is 32.3 Å². The molecule has 0 bridgehead atoms. The summed E-state index contributed by atoms with van der Waals surface area (Å²) >= 11 is 13.3. The summed E-state index contributed by atoms with van der Waals surface area (Å²) in [7, 11) is 1.94. The number of nitrogens with zero attached hydrogens (tertiary/aromatic N) is 2. The summed E-state index contributed by atoms with van der Waals surface area (Å²) in [5.74, 6) is 0. The normalized spacial score (nSPS) is 12.7. The first-order valence-electron chi connectivity index (χ1n) is 6.34. The largest absolute Gasteiger partial charge is 0.324 e. The third-order valence-electron chi connectivity index (χ3n) is 3.28. The molecule has 2 N–H and O–H groups in total. The number of hydrogen-bond acceptors (Lipinski definition) is 2. The quantitative estimate of drug-likeness (QED) is 0.795. The van der Waals surface area contributed by atoms with Crippen LogP contribution in [0.4, 0.5) is 0 Å². The van der Waals surface area contributed by atoms with Gasteiger partial charge in [0.1, 0.15) is 0 Å². The zero-order valence-electron chi connectivity index (χ0n) is 11.3. The molecule has 0 amide bonds. The number of aromatic nitrogens is 2. The van der Waals surface area contributed by atoms with Gasteiger partial charge in [0.15, 0.2) is 0 Å². The first-order valence-corrected chi connectivity index (χ1v) is 8.31. The number of halogens is 3. The van der Waals surface area contributed by atoms with Crippen molar-refractivity contribution < 1.29 is 0 Å². The molecule has 1 aromatic carbocycles. The van der Waals surface area contributed by atoms with E-state index in [9.17, 15) is 0 Å². The van der Waals surface area contributed by atoms with E-state index in [1.165, 1.54) is 0 Å². The van der Waals surface area contributed by atoms with Gasteiger partial charge in [-0.25, -0.2) is 0 Å². The summed E-state index contributed by atoms with van der Waals surface area (Å²) in [6.07, 6.45) is 1.58. The van der Waals surface area contributed by atoms with Gasteiger partial charge in [0.05, 0.1) is 15.9 Å². The van der Waals surface area contributed by atoms with E-state index < -0.39 is 0 Å². The molecular weight excluding hydrogens is 405 g/mol. The van der Waals surface area contributed by atoms with Crippen LogP contribution in [0, 0.1) is 0 Å².